The second kappa shape index (κ2) is 8.24. The Bertz CT molecular complexity index is 699. The van der Waals surface area contributed by atoms with Crippen LogP contribution in [0.3, 0.4) is 0 Å². The topological polar surface area (TPSA) is 59.6 Å². The van der Waals surface area contributed by atoms with Gasteiger partial charge in [-0.05, 0) is 29.7 Å². The van der Waals surface area contributed by atoms with Crippen molar-refractivity contribution < 1.29 is 14.3 Å². The maximum Gasteiger partial charge on any atom is 0.243 e. The Kier molecular flexibility index (Phi) is 6.07. The molecule has 0 saturated heterocycles. The highest BCUT2D eigenvalue weighted by Crippen LogP contribution is 2.29. The fourth-order valence-corrected chi connectivity index (χ4v) is 2.44. The number of ether oxygens (including phenoxy) is 2. The molecule has 2 aromatic rings. The molecule has 24 heavy (non-hydrogen) atoms. The molecule has 0 unspecified atom stereocenters. The zero-order valence-electron chi connectivity index (χ0n) is 14.6. The third kappa shape index (κ3) is 4.41. The van der Waals surface area contributed by atoms with E-state index in [1.165, 1.54) is 0 Å². The summed E-state index contributed by atoms with van der Waals surface area (Å²) in [5.74, 6) is 1.58. The number of amides is 1. The number of carbonyl (C=O) groups excluding carboxylic acids is 1. The van der Waals surface area contributed by atoms with E-state index in [2.05, 4.69) is 24.5 Å². The molecule has 0 spiro atoms. The van der Waals surface area contributed by atoms with Crippen molar-refractivity contribution in [3.8, 4) is 11.5 Å². The van der Waals surface area contributed by atoms with Crippen molar-refractivity contribution >= 4 is 17.3 Å². The van der Waals surface area contributed by atoms with E-state index in [1.54, 1.807) is 26.4 Å². The van der Waals surface area contributed by atoms with Crippen molar-refractivity contribution in [2.75, 3.05) is 31.4 Å². The summed E-state index contributed by atoms with van der Waals surface area (Å²) in [4.78, 5) is 12.3. The number of carbonyl (C=O) groups is 1. The van der Waals surface area contributed by atoms with Gasteiger partial charge in [0.05, 0.1) is 26.5 Å². The second-order valence-electron chi connectivity index (χ2n) is 5.71. The molecule has 128 valence electrons. The van der Waals surface area contributed by atoms with Crippen LogP contribution in [0, 0.1) is 0 Å². The van der Waals surface area contributed by atoms with Crippen molar-refractivity contribution in [1.29, 1.82) is 0 Å². The number of methoxy groups -OCH3 is 2. The molecule has 0 aromatic heterocycles. The fourth-order valence-electron chi connectivity index (χ4n) is 2.44. The number of hydrogen-bond acceptors (Lipinski definition) is 4. The highest BCUT2D eigenvalue weighted by atomic mass is 16.5. The van der Waals surface area contributed by atoms with Crippen molar-refractivity contribution in [3.05, 3.63) is 48.0 Å². The minimum absolute atomic E-state index is 0.118. The molecule has 0 fully saturated rings. The zero-order chi connectivity index (χ0) is 17.5. The fraction of sp³-hybridized carbons (Fsp3) is 0.316. The van der Waals surface area contributed by atoms with Crippen LogP contribution in [-0.4, -0.2) is 26.7 Å². The molecule has 0 atom stereocenters. The van der Waals surface area contributed by atoms with Gasteiger partial charge >= 0.3 is 0 Å². The summed E-state index contributed by atoms with van der Waals surface area (Å²) >= 11 is 0. The molecule has 0 aliphatic rings. The summed E-state index contributed by atoms with van der Waals surface area (Å²) in [6, 6.07) is 13.2. The summed E-state index contributed by atoms with van der Waals surface area (Å²) in [7, 11) is 3.19. The van der Waals surface area contributed by atoms with Crippen LogP contribution in [0.5, 0.6) is 11.5 Å². The summed E-state index contributed by atoms with van der Waals surface area (Å²) < 4.78 is 10.5. The van der Waals surface area contributed by atoms with Crippen LogP contribution < -0.4 is 20.1 Å². The highest BCUT2D eigenvalue weighted by Gasteiger charge is 2.10. The average molecular weight is 328 g/mol. The Morgan fingerprint density at radius 3 is 2.46 bits per heavy atom. The number of nitrogens with one attached hydrogen (secondary N) is 2. The molecular formula is C19H24N2O3. The molecule has 0 heterocycles. The molecule has 5 nitrogen and oxygen atoms in total. The maximum atomic E-state index is 12.3. The lowest BCUT2D eigenvalue weighted by atomic mass is 10.0. The summed E-state index contributed by atoms with van der Waals surface area (Å²) in [6.45, 7) is 4.34. The zero-order valence-corrected chi connectivity index (χ0v) is 14.6. The number of anilines is 2. The first-order valence-electron chi connectivity index (χ1n) is 7.89. The van der Waals surface area contributed by atoms with E-state index >= 15 is 0 Å². The van der Waals surface area contributed by atoms with Crippen LogP contribution in [0.1, 0.15) is 25.3 Å². The lowest BCUT2D eigenvalue weighted by molar-refractivity contribution is -0.114. The van der Waals surface area contributed by atoms with Gasteiger partial charge in [0.2, 0.25) is 5.91 Å². The monoisotopic (exact) mass is 328 g/mol. The van der Waals surface area contributed by atoms with Gasteiger partial charge < -0.3 is 20.1 Å². The SMILES string of the molecule is COc1ccc(OC)c(NCC(=O)Nc2ccccc2C(C)C)c1. The van der Waals surface area contributed by atoms with E-state index in [9.17, 15) is 4.79 Å². The van der Waals surface area contributed by atoms with Gasteiger partial charge in [-0.15, -0.1) is 0 Å². The third-order valence-electron chi connectivity index (χ3n) is 3.70. The van der Waals surface area contributed by atoms with Crippen LogP contribution in [-0.2, 0) is 4.79 Å². The lowest BCUT2D eigenvalue weighted by Crippen LogP contribution is -2.22. The highest BCUT2D eigenvalue weighted by molar-refractivity contribution is 5.94. The molecule has 1 amide bonds. The Morgan fingerprint density at radius 1 is 1.04 bits per heavy atom. The van der Waals surface area contributed by atoms with Gasteiger partial charge in [0.25, 0.3) is 0 Å². The Balaban J connectivity index is 2.04. The molecule has 0 bridgehead atoms. The average Bonchev–Trinajstić information content (AvgIpc) is 2.59. The van der Waals surface area contributed by atoms with Gasteiger partial charge in [0, 0.05) is 11.8 Å². The number of hydrogen-bond donors (Lipinski definition) is 2. The Morgan fingerprint density at radius 2 is 1.79 bits per heavy atom. The van der Waals surface area contributed by atoms with Gasteiger partial charge in [-0.2, -0.15) is 0 Å². The van der Waals surface area contributed by atoms with Crippen LogP contribution >= 0.6 is 0 Å². The normalized spacial score (nSPS) is 10.4. The molecule has 0 aliphatic carbocycles. The van der Waals surface area contributed by atoms with Crippen LogP contribution in [0.15, 0.2) is 42.5 Å². The maximum absolute atomic E-state index is 12.3. The summed E-state index contributed by atoms with van der Waals surface area (Å²) in [5, 5.41) is 6.05. The van der Waals surface area contributed by atoms with E-state index in [1.807, 2.05) is 30.3 Å². The predicted molar refractivity (Wildman–Crippen MR) is 97.2 cm³/mol. The molecule has 2 aromatic carbocycles. The predicted octanol–water partition coefficient (Wildman–Crippen LogP) is 3.88. The largest absolute Gasteiger partial charge is 0.497 e. The van der Waals surface area contributed by atoms with Crippen LogP contribution in [0.2, 0.25) is 0 Å². The third-order valence-corrected chi connectivity index (χ3v) is 3.70. The van der Waals surface area contributed by atoms with Gasteiger partial charge in [-0.3, -0.25) is 4.79 Å². The molecule has 0 saturated carbocycles. The van der Waals surface area contributed by atoms with Crippen molar-refractivity contribution in [2.24, 2.45) is 0 Å². The minimum atomic E-state index is -0.118. The summed E-state index contributed by atoms with van der Waals surface area (Å²) in [6.07, 6.45) is 0. The molecular weight excluding hydrogens is 304 g/mol. The molecule has 2 N–H and O–H groups in total. The van der Waals surface area contributed by atoms with E-state index in [0.29, 0.717) is 23.1 Å². The van der Waals surface area contributed by atoms with Gasteiger partial charge in [0.15, 0.2) is 0 Å². The molecule has 0 radical (unpaired) electrons. The van der Waals surface area contributed by atoms with Gasteiger partial charge in [0.1, 0.15) is 11.5 Å². The van der Waals surface area contributed by atoms with E-state index in [-0.39, 0.29) is 12.5 Å². The first-order valence-corrected chi connectivity index (χ1v) is 7.89. The van der Waals surface area contributed by atoms with E-state index in [0.717, 1.165) is 11.3 Å². The van der Waals surface area contributed by atoms with Gasteiger partial charge in [-0.1, -0.05) is 32.0 Å². The van der Waals surface area contributed by atoms with Crippen molar-refractivity contribution in [1.82, 2.24) is 0 Å². The van der Waals surface area contributed by atoms with Crippen LogP contribution in [0.25, 0.3) is 0 Å². The molecule has 0 aliphatic heterocycles. The first kappa shape index (κ1) is 17.7. The Hall–Kier alpha value is -2.69. The van der Waals surface area contributed by atoms with Crippen molar-refractivity contribution in [3.63, 3.8) is 0 Å². The number of rotatable bonds is 7. The van der Waals surface area contributed by atoms with E-state index < -0.39 is 0 Å². The number of benzene rings is 2. The quantitative estimate of drug-likeness (QED) is 0.810. The summed E-state index contributed by atoms with van der Waals surface area (Å²) in [5.41, 5.74) is 2.67. The Labute approximate surface area is 143 Å². The molecule has 5 heteroatoms. The van der Waals surface area contributed by atoms with Crippen LogP contribution in [0.4, 0.5) is 11.4 Å². The van der Waals surface area contributed by atoms with Gasteiger partial charge in [-0.25, -0.2) is 0 Å². The first-order chi connectivity index (χ1) is 11.5. The lowest BCUT2D eigenvalue weighted by Gasteiger charge is -2.15. The van der Waals surface area contributed by atoms with E-state index in [4.69, 9.17) is 9.47 Å². The number of para-hydroxylation sites is 1. The molecule has 2 rings (SSSR count). The standard InChI is InChI=1S/C19H24N2O3/c1-13(2)15-7-5-6-8-16(15)21-19(22)12-20-17-11-14(23-3)9-10-18(17)24-4/h5-11,13,20H,12H2,1-4H3,(H,21,22). The minimum Gasteiger partial charge on any atom is -0.497 e. The second-order valence-corrected chi connectivity index (χ2v) is 5.71. The van der Waals surface area contributed by atoms with Crippen molar-refractivity contribution in [2.45, 2.75) is 19.8 Å². The smallest absolute Gasteiger partial charge is 0.243 e.